The highest BCUT2D eigenvalue weighted by Gasteiger charge is 2.22. The number of hydrogen-bond donors (Lipinski definition) is 2. The fourth-order valence-electron chi connectivity index (χ4n) is 2.45. The molecule has 5 nitrogen and oxygen atoms in total. The third-order valence-electron chi connectivity index (χ3n) is 3.73. The topological polar surface area (TPSA) is 81.4 Å². The van der Waals surface area contributed by atoms with E-state index in [0.717, 1.165) is 16.9 Å². The van der Waals surface area contributed by atoms with Crippen LogP contribution in [0.3, 0.4) is 0 Å². The van der Waals surface area contributed by atoms with Crippen molar-refractivity contribution in [3.8, 4) is 11.1 Å². The van der Waals surface area contributed by atoms with Crippen molar-refractivity contribution in [3.05, 3.63) is 54.1 Å². The Hall–Kier alpha value is -2.47. The van der Waals surface area contributed by atoms with E-state index in [-0.39, 0.29) is 5.91 Å². The molecule has 1 atom stereocenters. The number of methoxy groups -OCH3 is 1. The fraction of sp³-hybridized carbons (Fsp3) is 0.263. The molecule has 0 heterocycles. The Morgan fingerprint density at radius 3 is 2.52 bits per heavy atom. The molecule has 0 bridgehead atoms. The van der Waals surface area contributed by atoms with Gasteiger partial charge in [0, 0.05) is 11.3 Å². The number of nitrogens with one attached hydrogen (secondary N) is 1. The van der Waals surface area contributed by atoms with Gasteiger partial charge in [0.2, 0.25) is 0 Å². The largest absolute Gasteiger partial charge is 0.467 e. The fourth-order valence-corrected chi connectivity index (χ4v) is 2.92. The maximum absolute atomic E-state index is 12.6. The summed E-state index contributed by atoms with van der Waals surface area (Å²) < 4.78 is 4.78. The van der Waals surface area contributed by atoms with Crippen LogP contribution in [0.15, 0.2) is 48.5 Å². The molecular weight excluding hydrogens is 336 g/mol. The van der Waals surface area contributed by atoms with Gasteiger partial charge in [0.15, 0.2) is 0 Å². The molecule has 0 aromatic heterocycles. The van der Waals surface area contributed by atoms with E-state index in [0.29, 0.717) is 17.7 Å². The van der Waals surface area contributed by atoms with Crippen LogP contribution < -0.4 is 11.1 Å². The van der Waals surface area contributed by atoms with Crippen LogP contribution in [-0.2, 0) is 9.53 Å². The van der Waals surface area contributed by atoms with Gasteiger partial charge < -0.3 is 15.8 Å². The van der Waals surface area contributed by atoms with Gasteiger partial charge in [0.25, 0.3) is 5.91 Å². The van der Waals surface area contributed by atoms with Gasteiger partial charge in [-0.25, -0.2) is 4.79 Å². The first kappa shape index (κ1) is 18.9. The minimum atomic E-state index is -0.674. The number of esters is 1. The van der Waals surface area contributed by atoms with Crippen LogP contribution in [0, 0.1) is 0 Å². The Bertz CT molecular complexity index is 735. The number of thioether (sulfide) groups is 1. The van der Waals surface area contributed by atoms with Crippen molar-refractivity contribution in [2.75, 3.05) is 24.9 Å². The molecule has 3 N–H and O–H groups in total. The summed E-state index contributed by atoms with van der Waals surface area (Å²) in [5, 5.41) is 2.74. The first-order valence-corrected chi connectivity index (χ1v) is 9.28. The summed E-state index contributed by atoms with van der Waals surface area (Å²) in [5.74, 6) is -0.0535. The number of amides is 1. The van der Waals surface area contributed by atoms with Gasteiger partial charge >= 0.3 is 5.97 Å². The maximum Gasteiger partial charge on any atom is 0.328 e. The van der Waals surface area contributed by atoms with Gasteiger partial charge in [-0.3, -0.25) is 4.79 Å². The Morgan fingerprint density at radius 1 is 1.16 bits per heavy atom. The van der Waals surface area contributed by atoms with Crippen LogP contribution in [-0.4, -0.2) is 37.0 Å². The van der Waals surface area contributed by atoms with Gasteiger partial charge in [-0.05, 0) is 47.8 Å². The number of nitrogen functional groups attached to an aromatic ring is 1. The van der Waals surface area contributed by atoms with E-state index in [9.17, 15) is 9.59 Å². The molecule has 0 radical (unpaired) electrons. The van der Waals surface area contributed by atoms with Crippen molar-refractivity contribution < 1.29 is 14.3 Å². The zero-order chi connectivity index (χ0) is 18.2. The van der Waals surface area contributed by atoms with Crippen molar-refractivity contribution in [3.63, 3.8) is 0 Å². The summed E-state index contributed by atoms with van der Waals surface area (Å²) in [6, 6.07) is 14.2. The van der Waals surface area contributed by atoms with E-state index in [1.165, 1.54) is 7.11 Å². The molecule has 0 fully saturated rings. The van der Waals surface area contributed by atoms with Gasteiger partial charge in [0.05, 0.1) is 7.11 Å². The number of ether oxygens (including phenoxy) is 1. The van der Waals surface area contributed by atoms with Crippen LogP contribution in [0.5, 0.6) is 0 Å². The molecule has 2 aromatic carbocycles. The number of hydrogen-bond acceptors (Lipinski definition) is 5. The molecule has 1 unspecified atom stereocenters. The number of carbonyl (C=O) groups is 2. The summed E-state index contributed by atoms with van der Waals surface area (Å²) in [7, 11) is 1.31. The molecule has 1 amide bonds. The molecule has 0 aliphatic heterocycles. The third kappa shape index (κ3) is 5.26. The minimum Gasteiger partial charge on any atom is -0.467 e. The Morgan fingerprint density at radius 2 is 1.88 bits per heavy atom. The molecular formula is C19H22N2O3S. The standard InChI is InChI=1S/C19H22N2O3S/c1-24-19(23)17(8-9-25-2)21-18(22)15-10-14(11-16(20)12-15)13-6-4-3-5-7-13/h3-7,10-12,17H,8-9,20H2,1-2H3,(H,21,22). The van der Waals surface area contributed by atoms with E-state index in [1.807, 2.05) is 42.7 Å². The molecule has 132 valence electrons. The Labute approximate surface area is 151 Å². The zero-order valence-electron chi connectivity index (χ0n) is 14.3. The zero-order valence-corrected chi connectivity index (χ0v) is 15.1. The van der Waals surface area contributed by atoms with Crippen LogP contribution in [0.25, 0.3) is 11.1 Å². The molecule has 0 saturated carbocycles. The van der Waals surface area contributed by atoms with E-state index < -0.39 is 12.0 Å². The predicted octanol–water partition coefficient (Wildman–Crippen LogP) is 2.96. The monoisotopic (exact) mass is 358 g/mol. The molecule has 0 saturated heterocycles. The lowest BCUT2D eigenvalue weighted by atomic mass is 10.0. The minimum absolute atomic E-state index is 0.346. The van der Waals surface area contributed by atoms with Crippen molar-refractivity contribution in [1.82, 2.24) is 5.32 Å². The third-order valence-corrected chi connectivity index (χ3v) is 4.37. The molecule has 2 rings (SSSR count). The second-order valence-corrected chi connectivity index (χ2v) is 6.53. The smallest absolute Gasteiger partial charge is 0.328 e. The maximum atomic E-state index is 12.6. The number of nitrogens with two attached hydrogens (primary N) is 1. The average molecular weight is 358 g/mol. The molecule has 0 aliphatic carbocycles. The van der Waals surface area contributed by atoms with Gasteiger partial charge in [0.1, 0.15) is 6.04 Å². The summed E-state index contributed by atoms with van der Waals surface area (Å²) in [5.41, 5.74) is 8.68. The average Bonchev–Trinajstić information content (AvgIpc) is 2.64. The number of benzene rings is 2. The van der Waals surface area contributed by atoms with Crippen LogP contribution >= 0.6 is 11.8 Å². The van der Waals surface area contributed by atoms with E-state index in [1.54, 1.807) is 23.9 Å². The van der Waals surface area contributed by atoms with Crippen molar-refractivity contribution >= 4 is 29.3 Å². The van der Waals surface area contributed by atoms with E-state index in [4.69, 9.17) is 10.5 Å². The summed E-state index contributed by atoms with van der Waals surface area (Å²) >= 11 is 1.60. The summed E-state index contributed by atoms with van der Waals surface area (Å²) in [6.07, 6.45) is 2.45. The highest BCUT2D eigenvalue weighted by atomic mass is 32.2. The number of anilines is 1. The predicted molar refractivity (Wildman–Crippen MR) is 103 cm³/mol. The van der Waals surface area contributed by atoms with Crippen molar-refractivity contribution in [2.45, 2.75) is 12.5 Å². The van der Waals surface area contributed by atoms with Crippen molar-refractivity contribution in [1.29, 1.82) is 0 Å². The van der Waals surface area contributed by atoms with Gasteiger partial charge in [-0.15, -0.1) is 0 Å². The second-order valence-electron chi connectivity index (χ2n) is 5.54. The molecule has 25 heavy (non-hydrogen) atoms. The number of rotatable bonds is 7. The van der Waals surface area contributed by atoms with Gasteiger partial charge in [-0.2, -0.15) is 11.8 Å². The number of carbonyl (C=O) groups excluding carboxylic acids is 2. The first-order chi connectivity index (χ1) is 12.0. The SMILES string of the molecule is COC(=O)C(CCSC)NC(=O)c1cc(N)cc(-c2ccccc2)c1. The molecule has 6 heteroatoms. The second kappa shape index (κ2) is 9.13. The van der Waals surface area contributed by atoms with Gasteiger partial charge in [-0.1, -0.05) is 30.3 Å². The molecule has 2 aromatic rings. The van der Waals surface area contributed by atoms with Crippen LogP contribution in [0.1, 0.15) is 16.8 Å². The molecule has 0 spiro atoms. The van der Waals surface area contributed by atoms with Crippen LogP contribution in [0.4, 0.5) is 5.69 Å². The Kier molecular flexibility index (Phi) is 6.89. The summed E-state index contributed by atoms with van der Waals surface area (Å²) in [6.45, 7) is 0. The lowest BCUT2D eigenvalue weighted by Gasteiger charge is -2.16. The lowest BCUT2D eigenvalue weighted by Crippen LogP contribution is -2.42. The van der Waals surface area contributed by atoms with E-state index in [2.05, 4.69) is 5.32 Å². The molecule has 0 aliphatic rings. The van der Waals surface area contributed by atoms with E-state index >= 15 is 0 Å². The van der Waals surface area contributed by atoms with Crippen LogP contribution in [0.2, 0.25) is 0 Å². The quantitative estimate of drug-likeness (QED) is 0.587. The Balaban J connectivity index is 2.23. The highest BCUT2D eigenvalue weighted by molar-refractivity contribution is 7.98. The van der Waals surface area contributed by atoms with Crippen molar-refractivity contribution in [2.24, 2.45) is 0 Å². The normalized spacial score (nSPS) is 11.6. The lowest BCUT2D eigenvalue weighted by molar-refractivity contribution is -0.142. The first-order valence-electron chi connectivity index (χ1n) is 7.88. The summed E-state index contributed by atoms with van der Waals surface area (Å²) in [4.78, 5) is 24.5. The highest BCUT2D eigenvalue weighted by Crippen LogP contribution is 2.23.